The van der Waals surface area contributed by atoms with Crippen molar-refractivity contribution in [3.63, 3.8) is 0 Å². The lowest BCUT2D eigenvalue weighted by Crippen LogP contribution is -2.27. The Labute approximate surface area is 187 Å². The second kappa shape index (κ2) is 9.51. The zero-order valence-electron chi connectivity index (χ0n) is 17.4. The summed E-state index contributed by atoms with van der Waals surface area (Å²) in [5, 5.41) is 3.27. The first-order valence-electron chi connectivity index (χ1n) is 9.48. The fraction of sp³-hybridized carbons (Fsp3) is 0.174. The summed E-state index contributed by atoms with van der Waals surface area (Å²) in [6.45, 7) is 2.05. The molecule has 0 aliphatic heterocycles. The normalized spacial score (nSPS) is 11.4. The van der Waals surface area contributed by atoms with E-state index in [2.05, 4.69) is 5.32 Å². The van der Waals surface area contributed by atoms with Gasteiger partial charge in [-0.1, -0.05) is 48.0 Å². The Morgan fingerprint density at radius 1 is 1.06 bits per heavy atom. The Bertz CT molecular complexity index is 1200. The van der Waals surface area contributed by atoms with E-state index in [1.165, 1.54) is 36.7 Å². The van der Waals surface area contributed by atoms with Crippen LogP contribution < -0.4 is 10.1 Å². The van der Waals surface area contributed by atoms with Crippen LogP contribution in [-0.2, 0) is 16.6 Å². The Balaban J connectivity index is 1.90. The number of hydrogen-bond acceptors (Lipinski definition) is 4. The van der Waals surface area contributed by atoms with Gasteiger partial charge in [0.25, 0.3) is 5.91 Å². The molecule has 0 saturated carbocycles. The molecule has 8 heteroatoms. The zero-order chi connectivity index (χ0) is 22.6. The number of carbonyl (C=O) groups excluding carboxylic acids is 1. The number of amides is 1. The summed E-state index contributed by atoms with van der Waals surface area (Å²) in [5.74, 6) is -0.292. The summed E-state index contributed by atoms with van der Waals surface area (Å²) in [6, 6.07) is 18.7. The second-order valence-electron chi connectivity index (χ2n) is 7.03. The van der Waals surface area contributed by atoms with Gasteiger partial charge in [0.1, 0.15) is 10.6 Å². The monoisotopic (exact) mass is 458 g/mol. The van der Waals surface area contributed by atoms with Gasteiger partial charge in [0.15, 0.2) is 0 Å². The van der Waals surface area contributed by atoms with Gasteiger partial charge in [-0.2, -0.15) is 4.31 Å². The highest BCUT2D eigenvalue weighted by molar-refractivity contribution is 7.89. The van der Waals surface area contributed by atoms with E-state index in [9.17, 15) is 13.2 Å². The van der Waals surface area contributed by atoms with Crippen molar-refractivity contribution < 1.29 is 17.9 Å². The molecule has 0 saturated heterocycles. The minimum absolute atomic E-state index is 0.0805. The molecular weight excluding hydrogens is 436 g/mol. The highest BCUT2D eigenvalue weighted by Gasteiger charge is 2.26. The van der Waals surface area contributed by atoms with E-state index in [4.69, 9.17) is 16.3 Å². The van der Waals surface area contributed by atoms with Crippen molar-refractivity contribution in [3.8, 4) is 5.75 Å². The number of aryl methyl sites for hydroxylation is 1. The maximum atomic E-state index is 13.2. The average Bonchev–Trinajstić information content (AvgIpc) is 2.76. The van der Waals surface area contributed by atoms with E-state index in [0.717, 1.165) is 11.1 Å². The van der Waals surface area contributed by atoms with E-state index in [0.29, 0.717) is 10.7 Å². The zero-order valence-corrected chi connectivity index (χ0v) is 19.0. The van der Waals surface area contributed by atoms with Gasteiger partial charge in [-0.25, -0.2) is 8.42 Å². The highest BCUT2D eigenvalue weighted by atomic mass is 35.5. The van der Waals surface area contributed by atoms with Crippen molar-refractivity contribution in [2.24, 2.45) is 0 Å². The Hall–Kier alpha value is -2.87. The fourth-order valence-corrected chi connectivity index (χ4v) is 4.50. The fourth-order valence-electron chi connectivity index (χ4n) is 2.99. The van der Waals surface area contributed by atoms with Crippen LogP contribution in [-0.4, -0.2) is 32.8 Å². The van der Waals surface area contributed by atoms with Gasteiger partial charge in [0.05, 0.1) is 7.11 Å². The maximum absolute atomic E-state index is 13.2. The topological polar surface area (TPSA) is 75.7 Å². The molecule has 0 aliphatic carbocycles. The molecule has 3 aromatic carbocycles. The van der Waals surface area contributed by atoms with Crippen molar-refractivity contribution in [1.29, 1.82) is 0 Å². The van der Waals surface area contributed by atoms with Crippen molar-refractivity contribution in [3.05, 3.63) is 88.4 Å². The molecule has 0 fully saturated rings. The van der Waals surface area contributed by atoms with Crippen LogP contribution in [0, 0.1) is 6.92 Å². The first-order valence-corrected chi connectivity index (χ1v) is 11.3. The lowest BCUT2D eigenvalue weighted by atomic mass is 10.2. The summed E-state index contributed by atoms with van der Waals surface area (Å²) >= 11 is 6.12. The molecule has 3 aromatic rings. The minimum Gasteiger partial charge on any atom is -0.495 e. The van der Waals surface area contributed by atoms with Crippen molar-refractivity contribution >= 4 is 33.2 Å². The maximum Gasteiger partial charge on any atom is 0.255 e. The quantitative estimate of drug-likeness (QED) is 0.555. The summed E-state index contributed by atoms with van der Waals surface area (Å²) in [7, 11) is -1.04. The Kier molecular flexibility index (Phi) is 7.00. The first-order chi connectivity index (χ1) is 14.7. The third-order valence-electron chi connectivity index (χ3n) is 4.79. The average molecular weight is 459 g/mol. The number of ether oxygens (including phenoxy) is 1. The van der Waals surface area contributed by atoms with Crippen LogP contribution in [0.4, 0.5) is 5.69 Å². The predicted octanol–water partition coefficient (Wildman–Crippen LogP) is 4.73. The van der Waals surface area contributed by atoms with Crippen molar-refractivity contribution in [2.45, 2.75) is 18.4 Å². The molecule has 0 atom stereocenters. The molecule has 0 spiro atoms. The number of halogens is 1. The van der Waals surface area contributed by atoms with Crippen LogP contribution in [0.3, 0.4) is 0 Å². The Morgan fingerprint density at radius 3 is 2.42 bits per heavy atom. The second-order valence-corrected chi connectivity index (χ2v) is 9.45. The summed E-state index contributed by atoms with van der Waals surface area (Å²) in [6.07, 6.45) is 0. The summed E-state index contributed by atoms with van der Waals surface area (Å²) < 4.78 is 32.9. The third kappa shape index (κ3) is 5.25. The van der Waals surface area contributed by atoms with Crippen LogP contribution in [0.1, 0.15) is 21.5 Å². The standard InChI is InChI=1S/C23H23ClN2O4S/c1-16-9-11-19(14-20(16)24)25-23(27)18-10-12-21(30-3)22(13-18)31(28,29)26(2)15-17-7-5-4-6-8-17/h4-14H,15H2,1-3H3,(H,25,27). The van der Waals surface area contributed by atoms with Crippen LogP contribution in [0.25, 0.3) is 0 Å². The van der Waals surface area contributed by atoms with Crippen molar-refractivity contribution in [1.82, 2.24) is 4.31 Å². The van der Waals surface area contributed by atoms with Gasteiger partial charge >= 0.3 is 0 Å². The molecule has 162 valence electrons. The number of sulfonamides is 1. The van der Waals surface area contributed by atoms with Gasteiger partial charge in [-0.15, -0.1) is 0 Å². The number of nitrogens with one attached hydrogen (secondary N) is 1. The smallest absolute Gasteiger partial charge is 0.255 e. The summed E-state index contributed by atoms with van der Waals surface area (Å²) in [4.78, 5) is 12.7. The number of anilines is 1. The van der Waals surface area contributed by atoms with Crippen LogP contribution >= 0.6 is 11.6 Å². The molecule has 1 amide bonds. The molecule has 6 nitrogen and oxygen atoms in total. The number of nitrogens with zero attached hydrogens (tertiary/aromatic N) is 1. The molecule has 0 unspecified atom stereocenters. The Morgan fingerprint density at radius 2 is 1.77 bits per heavy atom. The number of benzene rings is 3. The molecule has 0 aliphatic rings. The predicted molar refractivity (Wildman–Crippen MR) is 122 cm³/mol. The summed E-state index contributed by atoms with van der Waals surface area (Å²) in [5.41, 5.74) is 2.43. The molecule has 3 rings (SSSR count). The number of methoxy groups -OCH3 is 1. The molecule has 0 bridgehead atoms. The molecule has 31 heavy (non-hydrogen) atoms. The van der Waals surface area contributed by atoms with Crippen LogP contribution in [0.15, 0.2) is 71.6 Å². The van der Waals surface area contributed by atoms with Crippen LogP contribution in [0.2, 0.25) is 5.02 Å². The largest absolute Gasteiger partial charge is 0.495 e. The van der Waals surface area contributed by atoms with E-state index in [-0.39, 0.29) is 22.8 Å². The highest BCUT2D eigenvalue weighted by Crippen LogP contribution is 2.29. The molecule has 0 heterocycles. The van der Waals surface area contributed by atoms with E-state index < -0.39 is 15.9 Å². The van der Waals surface area contributed by atoms with Gasteiger partial charge < -0.3 is 10.1 Å². The molecule has 0 radical (unpaired) electrons. The first kappa shape index (κ1) is 22.8. The van der Waals surface area contributed by atoms with Gasteiger partial charge in [0, 0.05) is 29.9 Å². The number of rotatable bonds is 7. The van der Waals surface area contributed by atoms with Gasteiger partial charge in [0.2, 0.25) is 10.0 Å². The van der Waals surface area contributed by atoms with E-state index >= 15 is 0 Å². The lowest BCUT2D eigenvalue weighted by molar-refractivity contribution is 0.102. The van der Waals surface area contributed by atoms with Gasteiger partial charge in [-0.05, 0) is 48.4 Å². The van der Waals surface area contributed by atoms with E-state index in [1.54, 1.807) is 18.2 Å². The molecule has 0 aromatic heterocycles. The number of carbonyl (C=O) groups is 1. The van der Waals surface area contributed by atoms with Crippen LogP contribution in [0.5, 0.6) is 5.75 Å². The van der Waals surface area contributed by atoms with Gasteiger partial charge in [-0.3, -0.25) is 4.79 Å². The third-order valence-corrected chi connectivity index (χ3v) is 7.02. The minimum atomic E-state index is -3.91. The molecule has 1 N–H and O–H groups in total. The van der Waals surface area contributed by atoms with E-state index in [1.807, 2.05) is 37.3 Å². The van der Waals surface area contributed by atoms with Crippen molar-refractivity contribution in [2.75, 3.05) is 19.5 Å². The number of hydrogen-bond donors (Lipinski definition) is 1. The molecular formula is C23H23ClN2O4S. The SMILES string of the molecule is COc1ccc(C(=O)Nc2ccc(C)c(Cl)c2)cc1S(=O)(=O)N(C)Cc1ccccc1. The lowest BCUT2D eigenvalue weighted by Gasteiger charge is -2.19.